The summed E-state index contributed by atoms with van der Waals surface area (Å²) in [6.07, 6.45) is 0. The Labute approximate surface area is 186 Å². The first-order valence-electron chi connectivity index (χ1n) is 9.98. The number of carbonyl (C=O) groups is 1. The Bertz CT molecular complexity index is 1420. The second-order valence-electron chi connectivity index (χ2n) is 8.48. The van der Waals surface area contributed by atoms with Gasteiger partial charge in [0.25, 0.3) is 10.0 Å². The number of carbonyl (C=O) groups excluding carboxylic acids is 1. The molecule has 0 amide bonds. The summed E-state index contributed by atoms with van der Waals surface area (Å²) in [5, 5.41) is 5.60. The van der Waals surface area contributed by atoms with Crippen molar-refractivity contribution in [2.75, 3.05) is 5.73 Å². The van der Waals surface area contributed by atoms with Crippen LogP contribution in [0.1, 0.15) is 36.7 Å². The summed E-state index contributed by atoms with van der Waals surface area (Å²) < 4.78 is 32.1. The fraction of sp³-hybridized carbons (Fsp3) is 0.167. The van der Waals surface area contributed by atoms with Crippen LogP contribution in [0.4, 0.5) is 5.82 Å². The lowest BCUT2D eigenvalue weighted by Crippen LogP contribution is -2.17. The monoisotopic (exact) mass is 449 g/mol. The quantitative estimate of drug-likeness (QED) is 0.464. The molecule has 32 heavy (non-hydrogen) atoms. The molecule has 0 unspecified atom stereocenters. The second-order valence-corrected chi connectivity index (χ2v) is 10.2. The Kier molecular flexibility index (Phi) is 5.26. The van der Waals surface area contributed by atoms with Gasteiger partial charge in [-0.15, -0.1) is 9.19 Å². The van der Waals surface area contributed by atoms with Crippen molar-refractivity contribution >= 4 is 32.6 Å². The van der Waals surface area contributed by atoms with E-state index in [0.717, 1.165) is 16.3 Å². The summed E-state index contributed by atoms with van der Waals surface area (Å²) in [7, 11) is -4.07. The smallest absolute Gasteiger partial charge is 0.344 e. The lowest BCUT2D eigenvalue weighted by Gasteiger charge is -2.18. The van der Waals surface area contributed by atoms with E-state index in [1.807, 2.05) is 36.4 Å². The fourth-order valence-electron chi connectivity index (χ4n) is 3.29. The molecule has 0 aliphatic heterocycles. The average molecular weight is 450 g/mol. The van der Waals surface area contributed by atoms with Gasteiger partial charge >= 0.3 is 5.97 Å². The van der Waals surface area contributed by atoms with Gasteiger partial charge < -0.3 is 10.5 Å². The third kappa shape index (κ3) is 4.09. The SMILES string of the molecule is CC(C)(C)c1ccc(C(=O)Oc2cc(N)n(S(=O)(=O)c3ccc4ccccc4c3)n2)cc1. The van der Waals surface area contributed by atoms with E-state index < -0.39 is 16.0 Å². The number of esters is 1. The van der Waals surface area contributed by atoms with E-state index in [1.54, 1.807) is 24.3 Å². The molecule has 4 rings (SSSR count). The zero-order valence-electron chi connectivity index (χ0n) is 17.9. The number of nitrogen functional groups attached to an aromatic ring is 1. The molecule has 0 spiro atoms. The molecular weight excluding hydrogens is 426 g/mol. The molecule has 3 aromatic carbocycles. The highest BCUT2D eigenvalue weighted by Gasteiger charge is 2.24. The molecule has 0 radical (unpaired) electrons. The molecule has 164 valence electrons. The highest BCUT2D eigenvalue weighted by molar-refractivity contribution is 7.90. The topological polar surface area (TPSA) is 104 Å². The number of hydrogen-bond acceptors (Lipinski definition) is 6. The number of benzene rings is 3. The molecule has 0 atom stereocenters. The fourth-order valence-corrected chi connectivity index (χ4v) is 4.52. The highest BCUT2D eigenvalue weighted by atomic mass is 32.2. The van der Waals surface area contributed by atoms with Crippen LogP contribution in [0.5, 0.6) is 5.88 Å². The van der Waals surface area contributed by atoms with Crippen molar-refractivity contribution < 1.29 is 17.9 Å². The zero-order chi connectivity index (χ0) is 23.1. The van der Waals surface area contributed by atoms with Gasteiger partial charge in [0.1, 0.15) is 5.82 Å². The molecule has 7 nitrogen and oxygen atoms in total. The number of anilines is 1. The molecule has 0 bridgehead atoms. The van der Waals surface area contributed by atoms with Gasteiger partial charge in [0.2, 0.25) is 5.88 Å². The summed E-state index contributed by atoms with van der Waals surface area (Å²) in [6.45, 7) is 6.23. The first-order chi connectivity index (χ1) is 15.1. The van der Waals surface area contributed by atoms with Gasteiger partial charge in [0, 0.05) is 6.07 Å². The normalized spacial score (nSPS) is 12.1. The van der Waals surface area contributed by atoms with E-state index in [-0.39, 0.29) is 22.0 Å². The van der Waals surface area contributed by atoms with Crippen LogP contribution < -0.4 is 10.5 Å². The van der Waals surface area contributed by atoms with Gasteiger partial charge in [-0.25, -0.2) is 4.79 Å². The van der Waals surface area contributed by atoms with E-state index in [0.29, 0.717) is 9.65 Å². The molecule has 4 aromatic rings. The Hall–Kier alpha value is -3.65. The van der Waals surface area contributed by atoms with E-state index in [4.69, 9.17) is 10.5 Å². The summed E-state index contributed by atoms with van der Waals surface area (Å²) in [5.41, 5.74) is 7.24. The van der Waals surface area contributed by atoms with Crippen LogP contribution in [-0.2, 0) is 15.4 Å². The maximum Gasteiger partial charge on any atom is 0.344 e. The summed E-state index contributed by atoms with van der Waals surface area (Å²) in [4.78, 5) is 12.5. The van der Waals surface area contributed by atoms with E-state index in [2.05, 4.69) is 25.9 Å². The van der Waals surface area contributed by atoms with Crippen molar-refractivity contribution in [3.63, 3.8) is 0 Å². The number of hydrogen-bond donors (Lipinski definition) is 1. The van der Waals surface area contributed by atoms with Gasteiger partial charge in [-0.2, -0.15) is 8.42 Å². The van der Waals surface area contributed by atoms with Gasteiger partial charge in [-0.05, 0) is 46.0 Å². The van der Waals surface area contributed by atoms with Gasteiger partial charge in [-0.3, -0.25) is 0 Å². The minimum Gasteiger partial charge on any atom is -0.402 e. The summed E-state index contributed by atoms with van der Waals surface area (Å²) in [5.74, 6) is -1.01. The third-order valence-electron chi connectivity index (χ3n) is 5.11. The minimum absolute atomic E-state index is 0.0293. The van der Waals surface area contributed by atoms with E-state index in [1.165, 1.54) is 12.1 Å². The first kappa shape index (κ1) is 21.6. The molecule has 0 aliphatic rings. The van der Waals surface area contributed by atoms with Crippen molar-refractivity contribution in [1.82, 2.24) is 9.19 Å². The maximum atomic E-state index is 13.1. The molecule has 2 N–H and O–H groups in total. The van der Waals surface area contributed by atoms with Gasteiger partial charge in [0.15, 0.2) is 0 Å². The molecular formula is C24H23N3O4S. The Balaban J connectivity index is 1.60. The van der Waals surface area contributed by atoms with Crippen molar-refractivity contribution in [3.8, 4) is 5.88 Å². The highest BCUT2D eigenvalue weighted by Crippen LogP contribution is 2.25. The van der Waals surface area contributed by atoms with Crippen LogP contribution in [0.15, 0.2) is 77.7 Å². The maximum absolute atomic E-state index is 13.1. The Morgan fingerprint density at radius 2 is 1.59 bits per heavy atom. The zero-order valence-corrected chi connectivity index (χ0v) is 18.8. The number of rotatable bonds is 4. The summed E-state index contributed by atoms with van der Waals surface area (Å²) in [6, 6.07) is 20.4. The van der Waals surface area contributed by atoms with Gasteiger partial charge in [0.05, 0.1) is 10.5 Å². The number of aromatic nitrogens is 2. The van der Waals surface area contributed by atoms with Crippen LogP contribution in [0.2, 0.25) is 0 Å². The van der Waals surface area contributed by atoms with E-state index in [9.17, 15) is 13.2 Å². The minimum atomic E-state index is -4.07. The second kappa shape index (κ2) is 7.80. The molecule has 0 saturated carbocycles. The van der Waals surface area contributed by atoms with Crippen LogP contribution in [0.3, 0.4) is 0 Å². The molecule has 0 fully saturated rings. The van der Waals surface area contributed by atoms with Crippen LogP contribution in [-0.4, -0.2) is 23.6 Å². The molecule has 0 aliphatic carbocycles. The summed E-state index contributed by atoms with van der Waals surface area (Å²) >= 11 is 0. The number of nitrogens with zero attached hydrogens (tertiary/aromatic N) is 2. The lowest BCUT2D eigenvalue weighted by molar-refractivity contribution is 0.0727. The number of ether oxygens (including phenoxy) is 1. The molecule has 8 heteroatoms. The number of fused-ring (bicyclic) bond motifs is 1. The standard InChI is InChI=1S/C24H23N3O4S/c1-24(2,3)19-11-8-17(9-12-19)23(28)31-22-15-21(25)27(26-22)32(29,30)20-13-10-16-6-4-5-7-18(16)14-20/h4-15H,25H2,1-3H3. The Morgan fingerprint density at radius 3 is 2.25 bits per heavy atom. The first-order valence-corrected chi connectivity index (χ1v) is 11.4. The lowest BCUT2D eigenvalue weighted by atomic mass is 9.87. The third-order valence-corrected chi connectivity index (χ3v) is 6.71. The van der Waals surface area contributed by atoms with E-state index >= 15 is 0 Å². The average Bonchev–Trinajstić information content (AvgIpc) is 3.13. The van der Waals surface area contributed by atoms with Gasteiger partial charge in [-0.1, -0.05) is 63.2 Å². The molecule has 1 aromatic heterocycles. The van der Waals surface area contributed by atoms with Crippen LogP contribution in [0, 0.1) is 0 Å². The molecule has 1 heterocycles. The molecule has 0 saturated heterocycles. The predicted molar refractivity (Wildman–Crippen MR) is 123 cm³/mol. The predicted octanol–water partition coefficient (Wildman–Crippen LogP) is 4.37. The van der Waals surface area contributed by atoms with Crippen molar-refractivity contribution in [2.45, 2.75) is 31.1 Å². The van der Waals surface area contributed by atoms with Crippen LogP contribution >= 0.6 is 0 Å². The van der Waals surface area contributed by atoms with Crippen molar-refractivity contribution in [1.29, 1.82) is 0 Å². The Morgan fingerprint density at radius 1 is 0.938 bits per heavy atom. The number of nitrogens with two attached hydrogens (primary N) is 1. The van der Waals surface area contributed by atoms with Crippen molar-refractivity contribution in [3.05, 3.63) is 83.9 Å². The van der Waals surface area contributed by atoms with Crippen molar-refractivity contribution in [2.24, 2.45) is 0 Å². The van der Waals surface area contributed by atoms with Crippen LogP contribution in [0.25, 0.3) is 10.8 Å². The largest absolute Gasteiger partial charge is 0.402 e.